The molecule has 1 aromatic heterocycles. The molecule has 26 heavy (non-hydrogen) atoms. The van der Waals surface area contributed by atoms with Crippen LogP contribution >= 0.6 is 0 Å². The predicted octanol–water partition coefficient (Wildman–Crippen LogP) is 4.48. The first-order valence-corrected chi connectivity index (χ1v) is 8.48. The Morgan fingerprint density at radius 2 is 1.77 bits per heavy atom. The molecule has 0 spiro atoms. The van der Waals surface area contributed by atoms with E-state index in [1.807, 2.05) is 57.4 Å². The third kappa shape index (κ3) is 3.98. The average molecular weight is 346 g/mol. The van der Waals surface area contributed by atoms with E-state index in [4.69, 9.17) is 0 Å². The fraction of sp³-hybridized carbons (Fsp3) is 0.182. The first-order valence-electron chi connectivity index (χ1n) is 8.48. The lowest BCUT2D eigenvalue weighted by Crippen LogP contribution is -2.11. The van der Waals surface area contributed by atoms with Crippen molar-refractivity contribution in [2.24, 2.45) is 0 Å². The first kappa shape index (κ1) is 17.8. The predicted molar refractivity (Wildman–Crippen MR) is 104 cm³/mol. The maximum Gasteiger partial charge on any atom is 0.335 e. The van der Waals surface area contributed by atoms with Gasteiger partial charge in [-0.25, -0.2) is 4.79 Å². The van der Waals surface area contributed by atoms with Gasteiger partial charge in [-0.05, 0) is 67.5 Å². The van der Waals surface area contributed by atoms with E-state index in [-0.39, 0.29) is 5.56 Å². The lowest BCUT2D eigenvalue weighted by molar-refractivity contribution is 0.0697. The van der Waals surface area contributed by atoms with E-state index in [1.165, 1.54) is 0 Å². The Kier molecular flexibility index (Phi) is 5.14. The Morgan fingerprint density at radius 1 is 1.04 bits per heavy atom. The van der Waals surface area contributed by atoms with Crippen LogP contribution in [0.4, 0.5) is 0 Å². The first-order chi connectivity index (χ1) is 12.4. The van der Waals surface area contributed by atoms with Crippen LogP contribution in [0, 0.1) is 6.92 Å². The molecular formula is C22H22N2O2. The van der Waals surface area contributed by atoms with Gasteiger partial charge in [-0.3, -0.25) is 4.98 Å². The third-order valence-electron chi connectivity index (χ3n) is 4.20. The number of benzene rings is 2. The van der Waals surface area contributed by atoms with Crippen molar-refractivity contribution < 1.29 is 9.90 Å². The Balaban J connectivity index is 2.16. The molecule has 132 valence electrons. The summed E-state index contributed by atoms with van der Waals surface area (Å²) in [6, 6.07) is 17.4. The van der Waals surface area contributed by atoms with E-state index in [9.17, 15) is 9.90 Å². The molecule has 4 nitrogen and oxygen atoms in total. The van der Waals surface area contributed by atoms with Crippen molar-refractivity contribution in [3.63, 3.8) is 0 Å². The number of aromatic nitrogens is 1. The lowest BCUT2D eigenvalue weighted by Gasteiger charge is -2.15. The summed E-state index contributed by atoms with van der Waals surface area (Å²) in [4.78, 5) is 18.2. The van der Waals surface area contributed by atoms with Gasteiger partial charge in [-0.15, -0.1) is 0 Å². The van der Waals surface area contributed by atoms with Crippen LogP contribution in [0.3, 0.4) is 0 Å². The van der Waals surface area contributed by atoms with Crippen LogP contribution in [-0.4, -0.2) is 35.1 Å². The molecule has 0 amide bonds. The van der Waals surface area contributed by atoms with Gasteiger partial charge in [0.15, 0.2) is 0 Å². The maximum atomic E-state index is 11.7. The summed E-state index contributed by atoms with van der Waals surface area (Å²) >= 11 is 0. The Labute approximate surface area is 153 Å². The maximum absolute atomic E-state index is 11.7. The highest BCUT2D eigenvalue weighted by Crippen LogP contribution is 2.30. The summed E-state index contributed by atoms with van der Waals surface area (Å²) in [5.74, 6) is -0.940. The van der Waals surface area contributed by atoms with Gasteiger partial charge in [-0.1, -0.05) is 30.3 Å². The summed E-state index contributed by atoms with van der Waals surface area (Å²) in [5.41, 5.74) is 5.99. The van der Waals surface area contributed by atoms with E-state index in [0.29, 0.717) is 0 Å². The van der Waals surface area contributed by atoms with E-state index in [1.54, 1.807) is 18.3 Å². The summed E-state index contributed by atoms with van der Waals surface area (Å²) in [5, 5.41) is 9.56. The minimum Gasteiger partial charge on any atom is -0.478 e. The number of aryl methyl sites for hydroxylation is 1. The highest BCUT2D eigenvalue weighted by molar-refractivity contribution is 5.92. The van der Waals surface area contributed by atoms with Crippen molar-refractivity contribution in [2.75, 3.05) is 14.1 Å². The van der Waals surface area contributed by atoms with Gasteiger partial charge in [-0.2, -0.15) is 0 Å². The van der Waals surface area contributed by atoms with Crippen LogP contribution in [-0.2, 0) is 6.54 Å². The van der Waals surface area contributed by atoms with Gasteiger partial charge in [0.05, 0.1) is 11.3 Å². The zero-order valence-corrected chi connectivity index (χ0v) is 15.2. The smallest absolute Gasteiger partial charge is 0.335 e. The molecule has 0 bridgehead atoms. The summed E-state index contributed by atoms with van der Waals surface area (Å²) in [6.45, 7) is 2.76. The Morgan fingerprint density at radius 3 is 2.42 bits per heavy atom. The second kappa shape index (κ2) is 7.50. The molecule has 4 heteroatoms. The fourth-order valence-corrected chi connectivity index (χ4v) is 2.97. The molecule has 0 fully saturated rings. The quantitative estimate of drug-likeness (QED) is 0.740. The largest absolute Gasteiger partial charge is 0.478 e. The van der Waals surface area contributed by atoms with Crippen LogP contribution in [0.2, 0.25) is 0 Å². The van der Waals surface area contributed by atoms with Gasteiger partial charge < -0.3 is 10.0 Å². The van der Waals surface area contributed by atoms with Crippen LogP contribution in [0.25, 0.3) is 22.4 Å². The molecule has 1 N–H and O–H groups in total. The molecule has 3 aromatic rings. The second-order valence-electron chi connectivity index (χ2n) is 6.72. The minimum absolute atomic E-state index is 0.263. The number of hydrogen-bond acceptors (Lipinski definition) is 3. The van der Waals surface area contributed by atoms with Crippen molar-refractivity contribution in [3.8, 4) is 22.4 Å². The zero-order chi connectivity index (χ0) is 18.7. The summed E-state index contributed by atoms with van der Waals surface area (Å²) < 4.78 is 0. The molecule has 0 aliphatic carbocycles. The third-order valence-corrected chi connectivity index (χ3v) is 4.20. The average Bonchev–Trinajstić information content (AvgIpc) is 2.62. The number of carboxylic acids is 1. The van der Waals surface area contributed by atoms with Gasteiger partial charge in [0, 0.05) is 18.3 Å². The standard InChI is InChI=1S/C22H22N2O2/c1-15-8-9-21(23-13-15)18-10-17(11-19(12-18)22(25)26)20-7-5-4-6-16(20)14-24(2)3/h4-13H,14H2,1-3H3,(H,25,26). The van der Waals surface area contributed by atoms with Gasteiger partial charge in [0.1, 0.15) is 0 Å². The molecule has 0 aliphatic rings. The van der Waals surface area contributed by atoms with E-state index < -0.39 is 5.97 Å². The normalized spacial score (nSPS) is 10.9. The monoisotopic (exact) mass is 346 g/mol. The van der Waals surface area contributed by atoms with Crippen LogP contribution in [0.5, 0.6) is 0 Å². The van der Waals surface area contributed by atoms with Crippen molar-refractivity contribution in [1.82, 2.24) is 9.88 Å². The number of nitrogens with zero attached hydrogens (tertiary/aromatic N) is 2. The minimum atomic E-state index is -0.940. The highest BCUT2D eigenvalue weighted by atomic mass is 16.4. The van der Waals surface area contributed by atoms with E-state index >= 15 is 0 Å². The van der Waals surface area contributed by atoms with Crippen molar-refractivity contribution >= 4 is 5.97 Å². The molecule has 0 radical (unpaired) electrons. The molecule has 0 unspecified atom stereocenters. The molecule has 0 aliphatic heterocycles. The number of carbonyl (C=O) groups is 1. The number of carboxylic acid groups (broad SMARTS) is 1. The van der Waals surface area contributed by atoms with Crippen LogP contribution < -0.4 is 0 Å². The SMILES string of the molecule is Cc1ccc(-c2cc(C(=O)O)cc(-c3ccccc3CN(C)C)c2)nc1. The molecule has 0 saturated heterocycles. The molecule has 2 aromatic carbocycles. The Hall–Kier alpha value is -2.98. The van der Waals surface area contributed by atoms with Gasteiger partial charge in [0.2, 0.25) is 0 Å². The molecular weight excluding hydrogens is 324 g/mol. The molecule has 3 rings (SSSR count). The van der Waals surface area contributed by atoms with Crippen molar-refractivity contribution in [2.45, 2.75) is 13.5 Å². The van der Waals surface area contributed by atoms with Crippen LogP contribution in [0.15, 0.2) is 60.8 Å². The Bertz CT molecular complexity index is 931. The summed E-state index contributed by atoms with van der Waals surface area (Å²) in [6.07, 6.45) is 1.79. The molecule has 0 saturated carbocycles. The van der Waals surface area contributed by atoms with Crippen LogP contribution in [0.1, 0.15) is 21.5 Å². The van der Waals surface area contributed by atoms with Crippen molar-refractivity contribution in [3.05, 3.63) is 77.5 Å². The number of pyridine rings is 1. The summed E-state index contributed by atoms with van der Waals surface area (Å²) in [7, 11) is 4.04. The number of aromatic carboxylic acids is 1. The number of rotatable bonds is 5. The number of hydrogen-bond donors (Lipinski definition) is 1. The second-order valence-corrected chi connectivity index (χ2v) is 6.72. The molecule has 1 heterocycles. The lowest BCUT2D eigenvalue weighted by atomic mass is 9.94. The van der Waals surface area contributed by atoms with Gasteiger partial charge in [0.25, 0.3) is 0 Å². The van der Waals surface area contributed by atoms with E-state index in [0.717, 1.165) is 40.1 Å². The molecule has 0 atom stereocenters. The fourth-order valence-electron chi connectivity index (χ4n) is 2.97. The van der Waals surface area contributed by atoms with Gasteiger partial charge >= 0.3 is 5.97 Å². The van der Waals surface area contributed by atoms with Crippen molar-refractivity contribution in [1.29, 1.82) is 0 Å². The van der Waals surface area contributed by atoms with E-state index in [2.05, 4.69) is 16.0 Å². The zero-order valence-electron chi connectivity index (χ0n) is 15.2. The highest BCUT2D eigenvalue weighted by Gasteiger charge is 2.13. The topological polar surface area (TPSA) is 53.4 Å².